The quantitative estimate of drug-likeness (QED) is 0.563. The lowest BCUT2D eigenvalue weighted by atomic mass is 10.1. The summed E-state index contributed by atoms with van der Waals surface area (Å²) in [6.45, 7) is 0.428. The molecule has 0 aliphatic carbocycles. The van der Waals surface area contributed by atoms with E-state index in [4.69, 9.17) is 14.2 Å². The van der Waals surface area contributed by atoms with Gasteiger partial charge in [0.05, 0.1) is 5.56 Å². The van der Waals surface area contributed by atoms with E-state index in [1.165, 1.54) is 6.07 Å². The van der Waals surface area contributed by atoms with Crippen LogP contribution in [0.5, 0.6) is 11.5 Å². The average Bonchev–Trinajstić information content (AvgIpc) is 2.70. The van der Waals surface area contributed by atoms with Crippen molar-refractivity contribution in [3.8, 4) is 11.5 Å². The van der Waals surface area contributed by atoms with Crippen LogP contribution in [0.2, 0.25) is 0 Å². The van der Waals surface area contributed by atoms with Crippen LogP contribution in [-0.2, 0) is 4.74 Å². The zero-order chi connectivity index (χ0) is 18.8. The number of ether oxygens (including phenoxy) is 3. The number of fused-ring (bicyclic) bond motifs is 2. The topological polar surface area (TPSA) is 94.7 Å². The molecule has 0 saturated heterocycles. The summed E-state index contributed by atoms with van der Waals surface area (Å²) in [6.07, 6.45) is 0. The molecule has 0 unspecified atom stereocenters. The summed E-state index contributed by atoms with van der Waals surface area (Å²) in [5.41, 5.74) is 0.570. The van der Waals surface area contributed by atoms with Crippen LogP contribution in [0.1, 0.15) is 20.7 Å². The van der Waals surface area contributed by atoms with Gasteiger partial charge in [-0.25, -0.2) is 4.79 Å². The average molecular weight is 365 g/mol. The molecule has 27 heavy (non-hydrogen) atoms. The highest BCUT2D eigenvalue weighted by molar-refractivity contribution is 6.05. The van der Waals surface area contributed by atoms with Crippen molar-refractivity contribution >= 4 is 22.7 Å². The highest BCUT2D eigenvalue weighted by Crippen LogP contribution is 2.30. The lowest BCUT2D eigenvalue weighted by Gasteiger charge is -2.18. The van der Waals surface area contributed by atoms with E-state index in [0.29, 0.717) is 41.2 Å². The summed E-state index contributed by atoms with van der Waals surface area (Å²) in [6, 6.07) is 12.8. The minimum Gasteiger partial charge on any atom is -0.486 e. The van der Waals surface area contributed by atoms with E-state index in [0.717, 1.165) is 0 Å². The Morgan fingerprint density at radius 2 is 1.78 bits per heavy atom. The van der Waals surface area contributed by atoms with Gasteiger partial charge in [0.25, 0.3) is 0 Å². The van der Waals surface area contributed by atoms with Crippen molar-refractivity contribution < 1.29 is 23.8 Å². The number of Topliss-reactive ketones (excluding diaryl/α,β-unsaturated/α-hetero) is 1. The maximum atomic E-state index is 12.4. The summed E-state index contributed by atoms with van der Waals surface area (Å²) in [5, 5.41) is 0.550. The van der Waals surface area contributed by atoms with Gasteiger partial charge in [-0.05, 0) is 24.3 Å². The number of carbonyl (C=O) groups is 2. The van der Waals surface area contributed by atoms with Gasteiger partial charge in [-0.3, -0.25) is 9.59 Å². The van der Waals surface area contributed by atoms with Crippen LogP contribution in [0.15, 0.2) is 53.3 Å². The highest BCUT2D eigenvalue weighted by Gasteiger charge is 2.18. The lowest BCUT2D eigenvalue weighted by molar-refractivity contribution is 0.0476. The number of esters is 1. The minimum absolute atomic E-state index is 0.115. The van der Waals surface area contributed by atoms with Gasteiger partial charge in [0.15, 0.2) is 23.9 Å². The van der Waals surface area contributed by atoms with Gasteiger partial charge < -0.3 is 19.2 Å². The summed E-state index contributed by atoms with van der Waals surface area (Å²) in [7, 11) is 0. The Labute approximate surface area is 153 Å². The van der Waals surface area contributed by atoms with E-state index >= 15 is 0 Å². The predicted molar refractivity (Wildman–Crippen MR) is 96.6 cm³/mol. The largest absolute Gasteiger partial charge is 0.486 e. The van der Waals surface area contributed by atoms with Crippen LogP contribution in [-0.4, -0.2) is 36.6 Å². The molecule has 136 valence electrons. The Bertz CT molecular complexity index is 1100. The second kappa shape index (κ2) is 6.95. The minimum atomic E-state index is -0.733. The van der Waals surface area contributed by atoms with Crippen LogP contribution in [0, 0.1) is 0 Å². The van der Waals surface area contributed by atoms with Gasteiger partial charge >= 0.3 is 5.97 Å². The Balaban J connectivity index is 1.51. The molecular weight excluding hydrogens is 350 g/mol. The molecule has 0 saturated carbocycles. The third-order valence-corrected chi connectivity index (χ3v) is 4.17. The Kier molecular flexibility index (Phi) is 4.33. The van der Waals surface area contributed by atoms with Crippen molar-refractivity contribution in [2.24, 2.45) is 0 Å². The number of hydrogen-bond donors (Lipinski definition) is 1. The molecule has 0 atom stereocenters. The van der Waals surface area contributed by atoms with E-state index in [-0.39, 0.29) is 11.3 Å². The predicted octanol–water partition coefficient (Wildman–Crippen LogP) is 2.34. The fourth-order valence-corrected chi connectivity index (χ4v) is 2.88. The number of benzene rings is 2. The standard InChI is InChI=1S/C20H15NO6/c22-16(12-5-6-17-18(9-12)26-8-7-25-17)11-27-20(24)14-10-19(23)21-15-4-2-1-3-13(14)15/h1-6,9-10H,7-8,11H2,(H,21,23). The first-order chi connectivity index (χ1) is 13.1. The normalized spacial score (nSPS) is 12.6. The molecule has 0 radical (unpaired) electrons. The maximum absolute atomic E-state index is 12.4. The molecular formula is C20H15NO6. The molecule has 7 heteroatoms. The Morgan fingerprint density at radius 3 is 2.63 bits per heavy atom. The number of para-hydroxylation sites is 1. The molecule has 0 spiro atoms. The van der Waals surface area contributed by atoms with Crippen LogP contribution in [0.3, 0.4) is 0 Å². The van der Waals surface area contributed by atoms with Gasteiger partial charge in [0, 0.05) is 22.5 Å². The van der Waals surface area contributed by atoms with Crippen molar-refractivity contribution in [1.29, 1.82) is 0 Å². The first-order valence-corrected chi connectivity index (χ1v) is 8.34. The Hall–Kier alpha value is -3.61. The fraction of sp³-hybridized carbons (Fsp3) is 0.150. The number of aromatic nitrogens is 1. The van der Waals surface area contributed by atoms with Gasteiger partial charge in [-0.15, -0.1) is 0 Å². The van der Waals surface area contributed by atoms with Gasteiger partial charge in [-0.1, -0.05) is 18.2 Å². The van der Waals surface area contributed by atoms with Crippen LogP contribution < -0.4 is 15.0 Å². The number of rotatable bonds is 4. The number of H-pyrrole nitrogens is 1. The molecule has 1 aliphatic rings. The smallest absolute Gasteiger partial charge is 0.339 e. The third-order valence-electron chi connectivity index (χ3n) is 4.17. The van der Waals surface area contributed by atoms with Crippen molar-refractivity contribution in [3.05, 3.63) is 70.0 Å². The van der Waals surface area contributed by atoms with E-state index in [2.05, 4.69) is 4.98 Å². The first kappa shape index (κ1) is 16.8. The van der Waals surface area contributed by atoms with E-state index in [1.54, 1.807) is 42.5 Å². The monoisotopic (exact) mass is 365 g/mol. The van der Waals surface area contributed by atoms with Crippen LogP contribution in [0.25, 0.3) is 10.9 Å². The van der Waals surface area contributed by atoms with Gasteiger partial charge in [0.1, 0.15) is 13.2 Å². The SMILES string of the molecule is O=C(COC(=O)c1cc(=O)[nH]c2ccccc12)c1ccc2c(c1)OCCO2. The zero-order valence-electron chi connectivity index (χ0n) is 14.2. The van der Waals surface area contributed by atoms with Gasteiger partial charge in [0.2, 0.25) is 5.56 Å². The zero-order valence-corrected chi connectivity index (χ0v) is 14.2. The fourth-order valence-electron chi connectivity index (χ4n) is 2.88. The van der Waals surface area contributed by atoms with Crippen molar-refractivity contribution in [3.63, 3.8) is 0 Å². The lowest BCUT2D eigenvalue weighted by Crippen LogP contribution is -2.18. The summed E-state index contributed by atoms with van der Waals surface area (Å²) in [4.78, 5) is 39.2. The molecule has 0 amide bonds. The first-order valence-electron chi connectivity index (χ1n) is 8.34. The van der Waals surface area contributed by atoms with E-state index in [1.807, 2.05) is 0 Å². The van der Waals surface area contributed by atoms with E-state index in [9.17, 15) is 14.4 Å². The molecule has 0 fully saturated rings. The summed E-state index contributed by atoms with van der Waals surface area (Å²) in [5.74, 6) is -0.0542. The second-order valence-corrected chi connectivity index (χ2v) is 5.95. The number of nitrogens with one attached hydrogen (secondary N) is 1. The third kappa shape index (κ3) is 3.39. The number of hydrogen-bond acceptors (Lipinski definition) is 6. The van der Waals surface area contributed by atoms with Crippen LogP contribution >= 0.6 is 0 Å². The molecule has 4 rings (SSSR count). The summed E-state index contributed by atoms with van der Waals surface area (Å²) < 4.78 is 16.0. The Morgan fingerprint density at radius 1 is 1.00 bits per heavy atom. The molecule has 2 heterocycles. The molecule has 0 bridgehead atoms. The maximum Gasteiger partial charge on any atom is 0.339 e. The molecule has 2 aromatic carbocycles. The van der Waals surface area contributed by atoms with Gasteiger partial charge in [-0.2, -0.15) is 0 Å². The molecule has 1 aromatic heterocycles. The number of pyridine rings is 1. The number of aromatic amines is 1. The van der Waals surface area contributed by atoms with Crippen molar-refractivity contribution in [1.82, 2.24) is 4.98 Å². The number of ketones is 1. The van der Waals surface area contributed by atoms with Crippen molar-refractivity contribution in [2.75, 3.05) is 19.8 Å². The van der Waals surface area contributed by atoms with Crippen LogP contribution in [0.4, 0.5) is 0 Å². The molecule has 1 aliphatic heterocycles. The second-order valence-electron chi connectivity index (χ2n) is 5.95. The summed E-state index contributed by atoms with van der Waals surface area (Å²) >= 11 is 0. The molecule has 3 aromatic rings. The molecule has 7 nitrogen and oxygen atoms in total. The number of carbonyl (C=O) groups excluding carboxylic acids is 2. The van der Waals surface area contributed by atoms with Crippen molar-refractivity contribution in [2.45, 2.75) is 0 Å². The molecule has 1 N–H and O–H groups in total. The van der Waals surface area contributed by atoms with E-state index < -0.39 is 18.1 Å². The highest BCUT2D eigenvalue weighted by atomic mass is 16.6.